The summed E-state index contributed by atoms with van der Waals surface area (Å²) in [6, 6.07) is 0. The minimum absolute atomic E-state index is 0.121. The van der Waals surface area contributed by atoms with Crippen LogP contribution in [-0.2, 0) is 0 Å². The second kappa shape index (κ2) is 6.14. The lowest BCUT2D eigenvalue weighted by Gasteiger charge is -2.42. The van der Waals surface area contributed by atoms with Gasteiger partial charge in [-0.1, -0.05) is 0 Å². The standard InChI is InChI=1S/C9H19NO5/c10-5-8(6-13,7-14)9(15,1-3-11)2-4-12/h5,10-15H,1-4,6-7H2. The largest absolute Gasteiger partial charge is 0.396 e. The molecule has 15 heavy (non-hydrogen) atoms. The monoisotopic (exact) mass is 221 g/mol. The third-order valence-corrected chi connectivity index (χ3v) is 2.82. The molecule has 6 nitrogen and oxygen atoms in total. The van der Waals surface area contributed by atoms with E-state index in [9.17, 15) is 5.11 Å². The summed E-state index contributed by atoms with van der Waals surface area (Å²) in [6.45, 7) is -1.95. The van der Waals surface area contributed by atoms with Crippen LogP contribution in [0.5, 0.6) is 0 Å². The van der Waals surface area contributed by atoms with E-state index < -0.39 is 24.2 Å². The van der Waals surface area contributed by atoms with E-state index in [4.69, 9.17) is 25.8 Å². The van der Waals surface area contributed by atoms with Gasteiger partial charge in [-0.15, -0.1) is 0 Å². The molecule has 0 fully saturated rings. The Bertz CT molecular complexity index is 187. The summed E-state index contributed by atoms with van der Waals surface area (Å²) < 4.78 is 0. The predicted molar refractivity (Wildman–Crippen MR) is 53.7 cm³/mol. The molecular formula is C9H19NO5. The van der Waals surface area contributed by atoms with Crippen molar-refractivity contribution >= 4 is 6.21 Å². The first kappa shape index (κ1) is 14.5. The topological polar surface area (TPSA) is 125 Å². The van der Waals surface area contributed by atoms with Crippen LogP contribution in [0.3, 0.4) is 0 Å². The Kier molecular flexibility index (Phi) is 5.92. The Morgan fingerprint density at radius 2 is 1.33 bits per heavy atom. The lowest BCUT2D eigenvalue weighted by atomic mass is 9.70. The van der Waals surface area contributed by atoms with E-state index in [1.807, 2.05) is 0 Å². The molecule has 0 unspecified atom stereocenters. The molecule has 0 aromatic rings. The first-order valence-corrected chi connectivity index (χ1v) is 4.73. The third-order valence-electron chi connectivity index (χ3n) is 2.82. The van der Waals surface area contributed by atoms with Gasteiger partial charge in [0.1, 0.15) is 0 Å². The van der Waals surface area contributed by atoms with Crippen LogP contribution in [-0.4, -0.2) is 63.8 Å². The number of aliphatic hydroxyl groups is 5. The number of hydrogen-bond acceptors (Lipinski definition) is 6. The van der Waals surface area contributed by atoms with Gasteiger partial charge in [-0.05, 0) is 0 Å². The molecule has 0 aliphatic carbocycles. The van der Waals surface area contributed by atoms with Crippen molar-refractivity contribution < 1.29 is 25.5 Å². The first-order chi connectivity index (χ1) is 7.05. The number of rotatable bonds is 8. The maximum atomic E-state index is 10.1. The average Bonchev–Trinajstić information content (AvgIpc) is 2.21. The van der Waals surface area contributed by atoms with Crippen LogP contribution < -0.4 is 0 Å². The fraction of sp³-hybridized carbons (Fsp3) is 0.889. The van der Waals surface area contributed by atoms with Crippen LogP contribution >= 0.6 is 0 Å². The summed E-state index contributed by atoms with van der Waals surface area (Å²) in [5.41, 5.74) is -3.21. The third kappa shape index (κ3) is 2.73. The highest BCUT2D eigenvalue weighted by atomic mass is 16.3. The molecule has 0 amide bonds. The van der Waals surface area contributed by atoms with Crippen molar-refractivity contribution in [1.82, 2.24) is 0 Å². The number of hydrogen-bond donors (Lipinski definition) is 6. The zero-order valence-electron chi connectivity index (χ0n) is 8.56. The van der Waals surface area contributed by atoms with E-state index in [1.54, 1.807) is 0 Å². The fourth-order valence-corrected chi connectivity index (χ4v) is 1.56. The van der Waals surface area contributed by atoms with Gasteiger partial charge < -0.3 is 30.9 Å². The van der Waals surface area contributed by atoms with E-state index in [-0.39, 0.29) is 26.1 Å². The van der Waals surface area contributed by atoms with Crippen LogP contribution in [0.25, 0.3) is 0 Å². The molecule has 0 aromatic heterocycles. The number of aliphatic hydroxyl groups excluding tert-OH is 4. The molecule has 0 heterocycles. The fourth-order valence-electron chi connectivity index (χ4n) is 1.56. The summed E-state index contributed by atoms with van der Waals surface area (Å²) in [6.07, 6.45) is 0.520. The second-order valence-electron chi connectivity index (χ2n) is 3.60. The summed E-state index contributed by atoms with van der Waals surface area (Å²) in [5.74, 6) is 0. The van der Waals surface area contributed by atoms with Gasteiger partial charge in [-0.25, -0.2) is 0 Å². The van der Waals surface area contributed by atoms with E-state index in [0.29, 0.717) is 0 Å². The molecule has 6 heteroatoms. The van der Waals surface area contributed by atoms with Crippen molar-refractivity contribution in [3.05, 3.63) is 0 Å². The lowest BCUT2D eigenvalue weighted by molar-refractivity contribution is -0.113. The summed E-state index contributed by atoms with van der Waals surface area (Å²) >= 11 is 0. The zero-order valence-corrected chi connectivity index (χ0v) is 8.56. The molecule has 0 spiro atoms. The van der Waals surface area contributed by atoms with Gasteiger partial charge in [0.25, 0.3) is 0 Å². The average molecular weight is 221 g/mol. The minimum atomic E-state index is -1.68. The van der Waals surface area contributed by atoms with Crippen LogP contribution in [0.2, 0.25) is 0 Å². The van der Waals surface area contributed by atoms with E-state index in [0.717, 1.165) is 6.21 Å². The number of nitrogens with one attached hydrogen (secondary N) is 1. The SMILES string of the molecule is N=CC(CO)(CO)C(O)(CCO)CCO. The van der Waals surface area contributed by atoms with Crippen molar-refractivity contribution in [3.63, 3.8) is 0 Å². The summed E-state index contributed by atoms with van der Waals surface area (Å²) in [4.78, 5) is 0. The minimum Gasteiger partial charge on any atom is -0.396 e. The predicted octanol–water partition coefficient (Wildman–Crippen LogP) is -1.90. The smallest absolute Gasteiger partial charge is 0.0840 e. The Hall–Kier alpha value is -0.530. The molecule has 0 aromatic carbocycles. The van der Waals surface area contributed by atoms with Crippen LogP contribution in [0.1, 0.15) is 12.8 Å². The second-order valence-corrected chi connectivity index (χ2v) is 3.60. The quantitative estimate of drug-likeness (QED) is 0.267. The van der Waals surface area contributed by atoms with E-state index >= 15 is 0 Å². The Balaban J connectivity index is 5.05. The Labute approximate surface area is 88.3 Å². The molecule has 0 aliphatic rings. The van der Waals surface area contributed by atoms with Crippen molar-refractivity contribution in [2.24, 2.45) is 5.41 Å². The zero-order chi connectivity index (χ0) is 11.9. The molecule has 0 saturated carbocycles. The summed E-state index contributed by atoms with van der Waals surface area (Å²) in [7, 11) is 0. The summed E-state index contributed by atoms with van der Waals surface area (Å²) in [5, 5.41) is 53.1. The molecule has 0 rings (SSSR count). The first-order valence-electron chi connectivity index (χ1n) is 4.73. The highest BCUT2D eigenvalue weighted by molar-refractivity contribution is 5.65. The van der Waals surface area contributed by atoms with Gasteiger partial charge >= 0.3 is 0 Å². The van der Waals surface area contributed by atoms with Gasteiger partial charge in [0.15, 0.2) is 0 Å². The van der Waals surface area contributed by atoms with Crippen LogP contribution in [0.15, 0.2) is 0 Å². The normalized spacial score (nSPS) is 12.9. The van der Waals surface area contributed by atoms with Gasteiger partial charge in [0, 0.05) is 32.3 Å². The van der Waals surface area contributed by atoms with Crippen molar-refractivity contribution in [2.75, 3.05) is 26.4 Å². The van der Waals surface area contributed by atoms with Gasteiger partial charge in [0.2, 0.25) is 0 Å². The molecule has 0 saturated heterocycles. The van der Waals surface area contributed by atoms with Gasteiger partial charge in [-0.2, -0.15) is 0 Å². The molecule has 0 bridgehead atoms. The van der Waals surface area contributed by atoms with Gasteiger partial charge in [-0.3, -0.25) is 0 Å². The molecule has 0 radical (unpaired) electrons. The molecular weight excluding hydrogens is 202 g/mol. The molecule has 0 aliphatic heterocycles. The van der Waals surface area contributed by atoms with Gasteiger partial charge in [0.05, 0.1) is 24.2 Å². The van der Waals surface area contributed by atoms with Crippen LogP contribution in [0, 0.1) is 10.8 Å². The Morgan fingerprint density at radius 1 is 0.933 bits per heavy atom. The highest BCUT2D eigenvalue weighted by Gasteiger charge is 2.47. The van der Waals surface area contributed by atoms with Crippen LogP contribution in [0.4, 0.5) is 0 Å². The van der Waals surface area contributed by atoms with Crippen molar-refractivity contribution in [3.8, 4) is 0 Å². The molecule has 0 atom stereocenters. The maximum Gasteiger partial charge on any atom is 0.0840 e. The molecule has 90 valence electrons. The van der Waals surface area contributed by atoms with E-state index in [1.165, 1.54) is 0 Å². The highest BCUT2D eigenvalue weighted by Crippen LogP contribution is 2.34. The lowest BCUT2D eigenvalue weighted by Crippen LogP contribution is -2.55. The van der Waals surface area contributed by atoms with E-state index in [2.05, 4.69) is 0 Å². The maximum absolute atomic E-state index is 10.1. The Morgan fingerprint density at radius 3 is 1.53 bits per heavy atom. The molecule has 6 N–H and O–H groups in total. The van der Waals surface area contributed by atoms with Crippen molar-refractivity contribution in [1.29, 1.82) is 5.41 Å². The van der Waals surface area contributed by atoms with Crippen molar-refractivity contribution in [2.45, 2.75) is 18.4 Å².